The third-order valence-electron chi connectivity index (χ3n) is 3.21. The van der Waals surface area contributed by atoms with E-state index >= 15 is 0 Å². The monoisotopic (exact) mass is 274 g/mol. The summed E-state index contributed by atoms with van der Waals surface area (Å²) in [6, 6.07) is 10.6. The average Bonchev–Trinajstić information content (AvgIpc) is 2.38. The fraction of sp³-hybridized carbons (Fsp3) is 0.312. The van der Waals surface area contributed by atoms with Gasteiger partial charge in [-0.25, -0.2) is 0 Å². The summed E-state index contributed by atoms with van der Waals surface area (Å²) in [7, 11) is 0. The molecule has 1 aromatic heterocycles. The van der Waals surface area contributed by atoms with Crippen LogP contribution in [0.2, 0.25) is 5.02 Å². The molecule has 0 fully saturated rings. The molecule has 1 aromatic carbocycles. The van der Waals surface area contributed by atoms with E-state index in [0.717, 1.165) is 34.0 Å². The highest BCUT2D eigenvalue weighted by Gasteiger charge is 2.09. The van der Waals surface area contributed by atoms with Crippen molar-refractivity contribution in [1.29, 1.82) is 0 Å². The second kappa shape index (κ2) is 6.18. The minimum atomic E-state index is 0.269. The maximum absolute atomic E-state index is 6.39. The van der Waals surface area contributed by atoms with Crippen molar-refractivity contribution in [1.82, 2.24) is 10.3 Å². The van der Waals surface area contributed by atoms with Gasteiger partial charge < -0.3 is 5.32 Å². The van der Waals surface area contributed by atoms with Crippen LogP contribution < -0.4 is 5.32 Å². The standard InChI is InChI=1S/C16H19ClN2/c1-4-18-12(3)15-6-5-13(10-16(15)17)14-7-8-19-11(2)9-14/h5-10,12,18H,4H2,1-3H3. The fourth-order valence-electron chi connectivity index (χ4n) is 2.20. The summed E-state index contributed by atoms with van der Waals surface area (Å²) in [5.41, 5.74) is 4.43. The molecule has 1 N–H and O–H groups in total. The number of nitrogens with one attached hydrogen (secondary N) is 1. The van der Waals surface area contributed by atoms with Crippen LogP contribution in [0.5, 0.6) is 0 Å². The number of rotatable bonds is 4. The first-order valence-corrected chi connectivity index (χ1v) is 6.95. The first kappa shape index (κ1) is 14.0. The summed E-state index contributed by atoms with van der Waals surface area (Å²) >= 11 is 6.39. The Balaban J connectivity index is 2.33. The Hall–Kier alpha value is -1.38. The molecule has 0 aliphatic heterocycles. The Kier molecular flexibility index (Phi) is 4.56. The van der Waals surface area contributed by atoms with Crippen molar-refractivity contribution in [3.63, 3.8) is 0 Å². The fourth-order valence-corrected chi connectivity index (χ4v) is 2.54. The zero-order valence-electron chi connectivity index (χ0n) is 11.6. The number of nitrogens with zero attached hydrogens (tertiary/aromatic N) is 1. The first-order chi connectivity index (χ1) is 9.11. The van der Waals surface area contributed by atoms with Crippen LogP contribution in [0.3, 0.4) is 0 Å². The molecule has 0 amide bonds. The second-order valence-electron chi connectivity index (χ2n) is 4.70. The van der Waals surface area contributed by atoms with Crippen molar-refractivity contribution in [2.75, 3.05) is 6.54 Å². The van der Waals surface area contributed by atoms with E-state index in [4.69, 9.17) is 11.6 Å². The van der Waals surface area contributed by atoms with Gasteiger partial charge in [-0.3, -0.25) is 4.98 Å². The lowest BCUT2D eigenvalue weighted by Crippen LogP contribution is -2.17. The van der Waals surface area contributed by atoms with Crippen LogP contribution in [0.25, 0.3) is 11.1 Å². The number of pyridine rings is 1. The van der Waals surface area contributed by atoms with Crippen LogP contribution in [0, 0.1) is 6.92 Å². The molecule has 2 nitrogen and oxygen atoms in total. The average molecular weight is 275 g/mol. The van der Waals surface area contributed by atoms with Gasteiger partial charge in [0.25, 0.3) is 0 Å². The van der Waals surface area contributed by atoms with E-state index in [1.807, 2.05) is 25.3 Å². The Morgan fingerprint density at radius 2 is 1.95 bits per heavy atom. The smallest absolute Gasteiger partial charge is 0.0459 e. The summed E-state index contributed by atoms with van der Waals surface area (Å²) in [5.74, 6) is 0. The number of hydrogen-bond donors (Lipinski definition) is 1. The predicted octanol–water partition coefficient (Wildman–Crippen LogP) is 4.38. The number of aromatic nitrogens is 1. The summed E-state index contributed by atoms with van der Waals surface area (Å²) in [6.07, 6.45) is 1.83. The van der Waals surface area contributed by atoms with Gasteiger partial charge in [0.1, 0.15) is 0 Å². The summed E-state index contributed by atoms with van der Waals surface area (Å²) in [5, 5.41) is 4.18. The zero-order chi connectivity index (χ0) is 13.8. The SMILES string of the molecule is CCNC(C)c1ccc(-c2ccnc(C)c2)cc1Cl. The van der Waals surface area contributed by atoms with Crippen molar-refractivity contribution >= 4 is 11.6 Å². The number of aryl methyl sites for hydroxylation is 1. The van der Waals surface area contributed by atoms with Gasteiger partial charge >= 0.3 is 0 Å². The van der Waals surface area contributed by atoms with E-state index in [-0.39, 0.29) is 6.04 Å². The van der Waals surface area contributed by atoms with Gasteiger partial charge in [-0.15, -0.1) is 0 Å². The van der Waals surface area contributed by atoms with Crippen LogP contribution in [-0.4, -0.2) is 11.5 Å². The number of halogens is 1. The molecular formula is C16H19ClN2. The maximum atomic E-state index is 6.39. The van der Waals surface area contributed by atoms with Crippen LogP contribution >= 0.6 is 11.6 Å². The first-order valence-electron chi connectivity index (χ1n) is 6.57. The van der Waals surface area contributed by atoms with Gasteiger partial charge in [0.05, 0.1) is 0 Å². The molecule has 0 saturated carbocycles. The van der Waals surface area contributed by atoms with Crippen LogP contribution in [0.15, 0.2) is 36.5 Å². The Bertz CT molecular complexity index is 566. The molecule has 3 heteroatoms. The van der Waals surface area contributed by atoms with Crippen molar-refractivity contribution in [3.05, 3.63) is 52.8 Å². The topological polar surface area (TPSA) is 24.9 Å². The van der Waals surface area contributed by atoms with Gasteiger partial charge in [0.2, 0.25) is 0 Å². The van der Waals surface area contributed by atoms with E-state index < -0.39 is 0 Å². The Morgan fingerprint density at radius 3 is 2.58 bits per heavy atom. The van der Waals surface area contributed by atoms with Gasteiger partial charge in [-0.1, -0.05) is 30.7 Å². The molecule has 1 heterocycles. The summed E-state index contributed by atoms with van der Waals surface area (Å²) in [6.45, 7) is 7.15. The van der Waals surface area contributed by atoms with E-state index in [1.54, 1.807) is 0 Å². The molecule has 0 spiro atoms. The molecule has 0 bridgehead atoms. The molecule has 2 aromatic rings. The van der Waals surface area contributed by atoms with Gasteiger partial charge in [-0.05, 0) is 55.3 Å². The molecule has 100 valence electrons. The largest absolute Gasteiger partial charge is 0.310 e. The minimum Gasteiger partial charge on any atom is -0.310 e. The molecule has 0 radical (unpaired) electrons. The third-order valence-corrected chi connectivity index (χ3v) is 3.53. The third kappa shape index (κ3) is 3.34. The molecule has 2 rings (SSSR count). The Labute approximate surface area is 119 Å². The van der Waals surface area contributed by atoms with E-state index in [1.165, 1.54) is 0 Å². The van der Waals surface area contributed by atoms with Crippen molar-refractivity contribution in [2.45, 2.75) is 26.8 Å². The quantitative estimate of drug-likeness (QED) is 0.895. The van der Waals surface area contributed by atoms with E-state index in [2.05, 4.69) is 42.3 Å². The molecule has 19 heavy (non-hydrogen) atoms. The van der Waals surface area contributed by atoms with Gasteiger partial charge in [0, 0.05) is 23.0 Å². The summed E-state index contributed by atoms with van der Waals surface area (Å²) < 4.78 is 0. The predicted molar refractivity (Wildman–Crippen MR) is 81.5 cm³/mol. The minimum absolute atomic E-state index is 0.269. The van der Waals surface area contributed by atoms with E-state index in [9.17, 15) is 0 Å². The van der Waals surface area contributed by atoms with Crippen LogP contribution in [-0.2, 0) is 0 Å². The lowest BCUT2D eigenvalue weighted by molar-refractivity contribution is 0.598. The lowest BCUT2D eigenvalue weighted by Gasteiger charge is -2.15. The molecule has 1 unspecified atom stereocenters. The molecule has 1 atom stereocenters. The van der Waals surface area contributed by atoms with Gasteiger partial charge in [0.15, 0.2) is 0 Å². The lowest BCUT2D eigenvalue weighted by atomic mass is 10.0. The number of benzene rings is 1. The zero-order valence-corrected chi connectivity index (χ0v) is 12.3. The van der Waals surface area contributed by atoms with Crippen LogP contribution in [0.4, 0.5) is 0 Å². The highest BCUT2D eigenvalue weighted by Crippen LogP contribution is 2.29. The molecule has 0 aliphatic rings. The Morgan fingerprint density at radius 1 is 1.21 bits per heavy atom. The van der Waals surface area contributed by atoms with Crippen molar-refractivity contribution < 1.29 is 0 Å². The highest BCUT2D eigenvalue weighted by atomic mass is 35.5. The van der Waals surface area contributed by atoms with Crippen molar-refractivity contribution in [3.8, 4) is 11.1 Å². The molecule has 0 saturated heterocycles. The van der Waals surface area contributed by atoms with Gasteiger partial charge in [-0.2, -0.15) is 0 Å². The number of hydrogen-bond acceptors (Lipinski definition) is 2. The van der Waals surface area contributed by atoms with E-state index in [0.29, 0.717) is 0 Å². The molecular weight excluding hydrogens is 256 g/mol. The van der Waals surface area contributed by atoms with Crippen molar-refractivity contribution in [2.24, 2.45) is 0 Å². The summed E-state index contributed by atoms with van der Waals surface area (Å²) in [4.78, 5) is 4.21. The second-order valence-corrected chi connectivity index (χ2v) is 5.11. The molecule has 0 aliphatic carbocycles. The highest BCUT2D eigenvalue weighted by molar-refractivity contribution is 6.31. The van der Waals surface area contributed by atoms with Crippen LogP contribution in [0.1, 0.15) is 31.1 Å². The maximum Gasteiger partial charge on any atom is 0.0459 e. The normalized spacial score (nSPS) is 12.4.